The van der Waals surface area contributed by atoms with Crippen LogP contribution in [0.1, 0.15) is 0 Å². The van der Waals surface area contributed by atoms with Gasteiger partial charge in [-0.3, -0.25) is 5.32 Å². The van der Waals surface area contributed by atoms with Crippen LogP contribution in [0, 0.1) is 0 Å². The third-order valence-electron chi connectivity index (χ3n) is 3.05. The monoisotopic (exact) mass is 345 g/mol. The number of amides is 1. The van der Waals surface area contributed by atoms with E-state index in [0.717, 1.165) is 21.0 Å². The van der Waals surface area contributed by atoms with E-state index in [4.69, 9.17) is 0 Å². The van der Waals surface area contributed by atoms with Crippen LogP contribution >= 0.6 is 23.5 Å². The van der Waals surface area contributed by atoms with E-state index in [9.17, 15) is 4.79 Å². The van der Waals surface area contributed by atoms with E-state index >= 15 is 0 Å². The van der Waals surface area contributed by atoms with Crippen molar-refractivity contribution in [1.29, 1.82) is 0 Å². The Balaban J connectivity index is 1.64. The molecule has 0 atom stereocenters. The lowest BCUT2D eigenvalue weighted by molar-refractivity contribution is 0.186. The zero-order valence-electron chi connectivity index (χ0n) is 12.4. The number of nitrogens with zero attached hydrogens (tertiary/aromatic N) is 1. The first-order valence-corrected chi connectivity index (χ1v) is 8.87. The maximum absolute atomic E-state index is 11.2. The normalized spacial score (nSPS) is 10.7. The van der Waals surface area contributed by atoms with Gasteiger partial charge in [-0.1, -0.05) is 18.2 Å². The van der Waals surface area contributed by atoms with Crippen LogP contribution in [-0.2, 0) is 4.74 Å². The molecular weight excluding hydrogens is 330 g/mol. The lowest BCUT2D eigenvalue weighted by atomic mass is 10.3. The van der Waals surface area contributed by atoms with Gasteiger partial charge in [0.15, 0.2) is 0 Å². The average Bonchev–Trinajstić information content (AvgIpc) is 2.97. The number of ether oxygens (including phenoxy) is 1. The van der Waals surface area contributed by atoms with Gasteiger partial charge in [0.1, 0.15) is 0 Å². The SMILES string of the molecule is COC(=O)Nc1nc2cc(SCSc3ccccc3)ccc2[nH]1. The molecule has 2 N–H and O–H groups in total. The molecule has 3 rings (SSSR count). The number of methoxy groups -OCH3 is 1. The van der Waals surface area contributed by atoms with Gasteiger partial charge in [0.05, 0.1) is 18.1 Å². The Bertz CT molecular complexity index is 805. The number of fused-ring (bicyclic) bond motifs is 1. The highest BCUT2D eigenvalue weighted by Crippen LogP contribution is 2.29. The first kappa shape index (κ1) is 15.8. The van der Waals surface area contributed by atoms with E-state index < -0.39 is 6.09 Å². The molecule has 0 saturated carbocycles. The number of carbonyl (C=O) groups excluding carboxylic acids is 1. The third kappa shape index (κ3) is 4.20. The van der Waals surface area contributed by atoms with E-state index in [1.807, 2.05) is 36.4 Å². The summed E-state index contributed by atoms with van der Waals surface area (Å²) in [7, 11) is 1.32. The Morgan fingerprint density at radius 2 is 1.96 bits per heavy atom. The lowest BCUT2D eigenvalue weighted by Gasteiger charge is -2.02. The first-order valence-electron chi connectivity index (χ1n) is 6.90. The Morgan fingerprint density at radius 1 is 1.17 bits per heavy atom. The van der Waals surface area contributed by atoms with Gasteiger partial charge < -0.3 is 9.72 Å². The number of imidazole rings is 1. The Labute approximate surface area is 142 Å². The highest BCUT2D eigenvalue weighted by molar-refractivity contribution is 8.16. The number of benzene rings is 2. The smallest absolute Gasteiger partial charge is 0.413 e. The summed E-state index contributed by atoms with van der Waals surface area (Å²) in [5.74, 6) is 0.382. The van der Waals surface area contributed by atoms with Crippen molar-refractivity contribution in [3.8, 4) is 0 Å². The van der Waals surface area contributed by atoms with Gasteiger partial charge in [-0.05, 0) is 30.3 Å². The molecule has 0 unspecified atom stereocenters. The fourth-order valence-electron chi connectivity index (χ4n) is 1.96. The standard InChI is InChI=1S/C16H15N3O2S2/c1-21-16(20)19-15-17-13-8-7-12(9-14(13)18-15)23-10-22-11-5-3-2-4-6-11/h2-9H,10H2,1H3,(H2,17,18,19,20). The van der Waals surface area contributed by atoms with Crippen molar-refractivity contribution in [2.75, 3.05) is 17.5 Å². The van der Waals surface area contributed by atoms with Crippen LogP contribution in [0.25, 0.3) is 11.0 Å². The summed E-state index contributed by atoms with van der Waals surface area (Å²) in [4.78, 5) is 21.0. The number of aromatic amines is 1. The quantitative estimate of drug-likeness (QED) is 0.523. The molecule has 1 heterocycles. The van der Waals surface area contributed by atoms with E-state index in [0.29, 0.717) is 5.95 Å². The van der Waals surface area contributed by atoms with Crippen LogP contribution in [-0.4, -0.2) is 28.3 Å². The van der Waals surface area contributed by atoms with Gasteiger partial charge >= 0.3 is 6.09 Å². The molecule has 0 fully saturated rings. The topological polar surface area (TPSA) is 67.0 Å². The summed E-state index contributed by atoms with van der Waals surface area (Å²) >= 11 is 3.55. The van der Waals surface area contributed by atoms with Crippen LogP contribution < -0.4 is 5.32 Å². The second-order valence-electron chi connectivity index (χ2n) is 4.60. The van der Waals surface area contributed by atoms with Gasteiger partial charge in [0, 0.05) is 14.9 Å². The molecule has 0 bridgehead atoms. The lowest BCUT2D eigenvalue weighted by Crippen LogP contribution is -2.11. The molecule has 0 aliphatic carbocycles. The molecule has 0 aliphatic rings. The van der Waals surface area contributed by atoms with Crippen molar-refractivity contribution >= 4 is 46.6 Å². The Kier molecular flexibility index (Phi) is 5.09. The zero-order valence-corrected chi connectivity index (χ0v) is 14.0. The number of anilines is 1. The van der Waals surface area contributed by atoms with Gasteiger partial charge in [-0.25, -0.2) is 9.78 Å². The molecule has 0 saturated heterocycles. The van der Waals surface area contributed by atoms with Crippen molar-refractivity contribution in [3.05, 3.63) is 48.5 Å². The minimum atomic E-state index is -0.544. The van der Waals surface area contributed by atoms with Crippen LogP contribution in [0.4, 0.5) is 10.7 Å². The Morgan fingerprint density at radius 3 is 2.74 bits per heavy atom. The molecule has 118 valence electrons. The summed E-state index contributed by atoms with van der Waals surface area (Å²) in [6.07, 6.45) is -0.544. The van der Waals surface area contributed by atoms with Gasteiger partial charge in [-0.15, -0.1) is 23.5 Å². The number of hydrogen-bond acceptors (Lipinski definition) is 5. The number of hydrogen-bond donors (Lipinski definition) is 2. The highest BCUT2D eigenvalue weighted by atomic mass is 32.2. The summed E-state index contributed by atoms with van der Waals surface area (Å²) in [5.41, 5.74) is 1.68. The van der Waals surface area contributed by atoms with Crippen molar-refractivity contribution in [2.45, 2.75) is 9.79 Å². The molecule has 23 heavy (non-hydrogen) atoms. The summed E-state index contributed by atoms with van der Waals surface area (Å²) < 4.78 is 4.55. The van der Waals surface area contributed by atoms with Gasteiger partial charge in [-0.2, -0.15) is 0 Å². The average molecular weight is 345 g/mol. The predicted octanol–water partition coefficient (Wildman–Crippen LogP) is 4.58. The summed E-state index contributed by atoms with van der Waals surface area (Å²) in [5, 5.41) is 3.45. The predicted molar refractivity (Wildman–Crippen MR) is 95.1 cm³/mol. The van der Waals surface area contributed by atoms with Crippen molar-refractivity contribution in [3.63, 3.8) is 0 Å². The third-order valence-corrected chi connectivity index (χ3v) is 5.19. The largest absolute Gasteiger partial charge is 0.453 e. The summed E-state index contributed by atoms with van der Waals surface area (Å²) in [6.45, 7) is 0. The number of H-pyrrole nitrogens is 1. The molecule has 1 aromatic heterocycles. The second kappa shape index (κ2) is 7.43. The molecular formula is C16H15N3O2S2. The van der Waals surface area contributed by atoms with Crippen LogP contribution in [0.3, 0.4) is 0 Å². The minimum absolute atomic E-state index is 0.382. The molecule has 7 heteroatoms. The van der Waals surface area contributed by atoms with E-state index in [-0.39, 0.29) is 0 Å². The maximum atomic E-state index is 11.2. The van der Waals surface area contributed by atoms with Crippen molar-refractivity contribution in [2.24, 2.45) is 0 Å². The number of rotatable bonds is 5. The molecule has 0 spiro atoms. The second-order valence-corrected chi connectivity index (χ2v) is 7.06. The number of aromatic nitrogens is 2. The molecule has 1 amide bonds. The molecule has 3 aromatic rings. The zero-order chi connectivity index (χ0) is 16.1. The van der Waals surface area contributed by atoms with E-state index in [1.165, 1.54) is 12.0 Å². The minimum Gasteiger partial charge on any atom is -0.453 e. The first-order chi connectivity index (χ1) is 11.2. The highest BCUT2D eigenvalue weighted by Gasteiger charge is 2.07. The van der Waals surface area contributed by atoms with Gasteiger partial charge in [0.2, 0.25) is 5.95 Å². The van der Waals surface area contributed by atoms with Crippen molar-refractivity contribution in [1.82, 2.24) is 9.97 Å². The van der Waals surface area contributed by atoms with Crippen molar-refractivity contribution < 1.29 is 9.53 Å². The van der Waals surface area contributed by atoms with Gasteiger partial charge in [0.25, 0.3) is 0 Å². The van der Waals surface area contributed by atoms with Crippen LogP contribution in [0.5, 0.6) is 0 Å². The number of nitrogens with one attached hydrogen (secondary N) is 2. The van der Waals surface area contributed by atoms with Crippen LogP contribution in [0.15, 0.2) is 58.3 Å². The molecule has 0 aliphatic heterocycles. The summed E-state index contributed by atoms with van der Waals surface area (Å²) in [6, 6.07) is 16.3. The number of carbonyl (C=O) groups is 1. The fraction of sp³-hybridized carbons (Fsp3) is 0.125. The molecule has 2 aromatic carbocycles. The Hall–Kier alpha value is -2.12. The van der Waals surface area contributed by atoms with E-state index in [2.05, 4.69) is 32.2 Å². The van der Waals surface area contributed by atoms with E-state index in [1.54, 1.807) is 23.5 Å². The molecule has 5 nitrogen and oxygen atoms in total. The molecule has 0 radical (unpaired) electrons. The number of thioether (sulfide) groups is 2. The van der Waals surface area contributed by atoms with Crippen LogP contribution in [0.2, 0.25) is 0 Å². The maximum Gasteiger partial charge on any atom is 0.413 e. The fourth-order valence-corrected chi connectivity index (χ4v) is 4.00.